The highest BCUT2D eigenvalue weighted by Gasteiger charge is 2.28. The van der Waals surface area contributed by atoms with Crippen LogP contribution in [0.15, 0.2) is 10.3 Å². The number of hydrogen-bond acceptors (Lipinski definition) is 4. The summed E-state index contributed by atoms with van der Waals surface area (Å²) in [5, 5.41) is 9.94. The van der Waals surface area contributed by atoms with Gasteiger partial charge in [0.2, 0.25) is 0 Å². The fourth-order valence-corrected chi connectivity index (χ4v) is 2.90. The monoisotopic (exact) mass is 296 g/mol. The van der Waals surface area contributed by atoms with Gasteiger partial charge in [-0.2, -0.15) is 10.1 Å². The number of hydrazine groups is 1. The van der Waals surface area contributed by atoms with E-state index in [1.54, 1.807) is 0 Å². The summed E-state index contributed by atoms with van der Waals surface area (Å²) in [6.07, 6.45) is 16.7. The highest BCUT2D eigenvalue weighted by Crippen LogP contribution is 2.22. The Balaban J connectivity index is 1.86. The van der Waals surface area contributed by atoms with Crippen LogP contribution in [0.25, 0.3) is 0 Å². The van der Waals surface area contributed by atoms with Gasteiger partial charge in [-0.15, -0.1) is 0 Å². The Morgan fingerprint density at radius 2 is 1.38 bits per heavy atom. The lowest BCUT2D eigenvalue weighted by atomic mass is 9.95. The van der Waals surface area contributed by atoms with Crippen molar-refractivity contribution in [1.82, 2.24) is 10.5 Å². The minimum Gasteiger partial charge on any atom is -0.219 e. The van der Waals surface area contributed by atoms with E-state index < -0.39 is 0 Å². The number of unbranched alkanes of at least 4 members (excludes halogenated alkanes) is 10. The Labute approximate surface area is 131 Å². The molecule has 0 saturated heterocycles. The summed E-state index contributed by atoms with van der Waals surface area (Å²) in [6.45, 7) is 7.51. The van der Waals surface area contributed by atoms with Crippen LogP contribution in [0.1, 0.15) is 97.8 Å². The Hall–Kier alpha value is -0.640. The van der Waals surface area contributed by atoms with Crippen molar-refractivity contribution < 1.29 is 0 Å². The molecule has 0 aromatic heterocycles. The molecule has 0 bridgehead atoms. The molecule has 0 atom stereocenters. The molecule has 1 N–H and O–H groups in total. The zero-order valence-electron chi connectivity index (χ0n) is 14.5. The molecule has 1 heterocycles. The minimum absolute atomic E-state index is 0.156. The van der Waals surface area contributed by atoms with Crippen molar-refractivity contribution in [3.8, 4) is 0 Å². The summed E-state index contributed by atoms with van der Waals surface area (Å²) in [5.41, 5.74) is 3.13. The third-order valence-corrected chi connectivity index (χ3v) is 4.56. The quantitative estimate of drug-likeness (QED) is 0.449. The van der Waals surface area contributed by atoms with Crippen LogP contribution in [-0.4, -0.2) is 17.2 Å². The predicted molar refractivity (Wildman–Crippen MR) is 89.9 cm³/mol. The first-order valence-electron chi connectivity index (χ1n) is 9.06. The molecule has 0 amide bonds. The average Bonchev–Trinajstić information content (AvgIpc) is 3.00. The third-order valence-electron chi connectivity index (χ3n) is 4.56. The maximum atomic E-state index is 3.98. The first-order valence-corrected chi connectivity index (χ1v) is 9.06. The van der Waals surface area contributed by atoms with Gasteiger partial charge in [-0.25, -0.2) is 5.53 Å². The standard InChI is InChI=1S/C17H36N4/c1-4-5-6-7-8-9-10-11-12-13-14-15-17(2,3)21-16-18-19-20-21/h4-16H2,1-3H3,(H,18,20). The van der Waals surface area contributed by atoms with E-state index in [0.717, 1.165) is 0 Å². The van der Waals surface area contributed by atoms with Crippen molar-refractivity contribution in [2.45, 2.75) is 103 Å². The summed E-state index contributed by atoms with van der Waals surface area (Å²) in [7, 11) is 0. The van der Waals surface area contributed by atoms with Gasteiger partial charge < -0.3 is 0 Å². The summed E-state index contributed by atoms with van der Waals surface area (Å²) in [6, 6.07) is 0. The summed E-state index contributed by atoms with van der Waals surface area (Å²) in [5.74, 6) is 0. The van der Waals surface area contributed by atoms with Crippen LogP contribution < -0.4 is 5.53 Å². The van der Waals surface area contributed by atoms with Gasteiger partial charge in [0, 0.05) is 5.54 Å². The molecule has 0 saturated carbocycles. The second-order valence-electron chi connectivity index (χ2n) is 7.01. The molecule has 0 spiro atoms. The highest BCUT2D eigenvalue weighted by atomic mass is 15.8. The molecular weight excluding hydrogens is 260 g/mol. The Bertz CT molecular complexity index is 268. The van der Waals surface area contributed by atoms with Crippen LogP contribution in [0.3, 0.4) is 0 Å². The largest absolute Gasteiger partial charge is 0.219 e. The van der Waals surface area contributed by atoms with E-state index in [0.29, 0.717) is 6.67 Å². The second-order valence-corrected chi connectivity index (χ2v) is 7.01. The van der Waals surface area contributed by atoms with E-state index in [2.05, 4.69) is 41.7 Å². The lowest BCUT2D eigenvalue weighted by molar-refractivity contribution is 0.0784. The molecule has 1 aliphatic rings. The summed E-state index contributed by atoms with van der Waals surface area (Å²) >= 11 is 0. The molecular formula is C17H36N4. The molecule has 124 valence electrons. The van der Waals surface area contributed by atoms with Gasteiger partial charge in [0.1, 0.15) is 6.67 Å². The van der Waals surface area contributed by atoms with Crippen molar-refractivity contribution in [3.05, 3.63) is 0 Å². The highest BCUT2D eigenvalue weighted by molar-refractivity contribution is 4.79. The normalized spacial score (nSPS) is 15.6. The summed E-state index contributed by atoms with van der Waals surface area (Å²) in [4.78, 5) is 0. The fraction of sp³-hybridized carbons (Fsp3) is 1.00. The van der Waals surface area contributed by atoms with Gasteiger partial charge in [-0.3, -0.25) is 0 Å². The van der Waals surface area contributed by atoms with Crippen LogP contribution >= 0.6 is 0 Å². The van der Waals surface area contributed by atoms with Crippen molar-refractivity contribution in [2.75, 3.05) is 6.67 Å². The average molecular weight is 297 g/mol. The number of hydrogen-bond donors (Lipinski definition) is 1. The number of rotatable bonds is 13. The van der Waals surface area contributed by atoms with Crippen LogP contribution in [0.4, 0.5) is 0 Å². The van der Waals surface area contributed by atoms with Crippen LogP contribution in [0, 0.1) is 0 Å². The first-order chi connectivity index (χ1) is 10.2. The van der Waals surface area contributed by atoms with Gasteiger partial charge in [0.25, 0.3) is 0 Å². The van der Waals surface area contributed by atoms with Crippen LogP contribution in [0.2, 0.25) is 0 Å². The van der Waals surface area contributed by atoms with E-state index in [4.69, 9.17) is 0 Å². The smallest absolute Gasteiger partial charge is 0.134 e. The lowest BCUT2D eigenvalue weighted by Crippen LogP contribution is -2.47. The Morgan fingerprint density at radius 1 is 0.857 bits per heavy atom. The molecule has 21 heavy (non-hydrogen) atoms. The maximum Gasteiger partial charge on any atom is 0.134 e. The molecule has 1 aliphatic heterocycles. The molecule has 0 aromatic carbocycles. The fourth-order valence-electron chi connectivity index (χ4n) is 2.90. The van der Waals surface area contributed by atoms with Gasteiger partial charge in [-0.05, 0) is 20.3 Å². The Morgan fingerprint density at radius 3 is 1.86 bits per heavy atom. The zero-order chi connectivity index (χ0) is 15.4. The second kappa shape index (κ2) is 11.0. The summed E-state index contributed by atoms with van der Waals surface area (Å²) < 4.78 is 0. The number of nitrogens with one attached hydrogen (secondary N) is 1. The van der Waals surface area contributed by atoms with Gasteiger partial charge in [0.15, 0.2) is 0 Å². The van der Waals surface area contributed by atoms with Crippen molar-refractivity contribution in [2.24, 2.45) is 10.3 Å². The SMILES string of the molecule is CCCCCCCCCCCCCC(C)(C)N1CN=NN1. The Kier molecular flexibility index (Phi) is 9.64. The first kappa shape index (κ1) is 18.4. The zero-order valence-corrected chi connectivity index (χ0v) is 14.5. The molecule has 0 radical (unpaired) electrons. The predicted octanol–water partition coefficient (Wildman–Crippen LogP) is 5.61. The molecule has 1 rings (SSSR count). The van der Waals surface area contributed by atoms with Gasteiger partial charge >= 0.3 is 0 Å². The third kappa shape index (κ3) is 8.40. The van der Waals surface area contributed by atoms with Crippen molar-refractivity contribution in [1.29, 1.82) is 0 Å². The molecule has 0 aromatic rings. The van der Waals surface area contributed by atoms with Crippen molar-refractivity contribution >= 4 is 0 Å². The van der Waals surface area contributed by atoms with Crippen LogP contribution in [0.5, 0.6) is 0 Å². The van der Waals surface area contributed by atoms with E-state index in [-0.39, 0.29) is 5.54 Å². The molecule has 0 unspecified atom stereocenters. The molecule has 4 heteroatoms. The topological polar surface area (TPSA) is 40.0 Å². The lowest BCUT2D eigenvalue weighted by Gasteiger charge is -2.33. The number of nitrogens with zero attached hydrogens (tertiary/aromatic N) is 3. The van der Waals surface area contributed by atoms with E-state index in [9.17, 15) is 0 Å². The van der Waals surface area contributed by atoms with E-state index >= 15 is 0 Å². The van der Waals surface area contributed by atoms with Crippen LogP contribution in [-0.2, 0) is 0 Å². The minimum atomic E-state index is 0.156. The van der Waals surface area contributed by atoms with E-state index in [1.165, 1.54) is 77.0 Å². The molecule has 4 nitrogen and oxygen atoms in total. The van der Waals surface area contributed by atoms with Gasteiger partial charge in [0.05, 0.1) is 0 Å². The van der Waals surface area contributed by atoms with E-state index in [1.807, 2.05) is 0 Å². The van der Waals surface area contributed by atoms with Gasteiger partial charge in [-0.1, -0.05) is 82.8 Å². The maximum absolute atomic E-state index is 3.98. The van der Waals surface area contributed by atoms with Crippen molar-refractivity contribution in [3.63, 3.8) is 0 Å². The molecule has 0 fully saturated rings. The molecule has 0 aliphatic carbocycles.